The lowest BCUT2D eigenvalue weighted by Crippen LogP contribution is -2.44. The standard InChI is InChI=1S/C24H29N3O3/c1-18-4-2-3-5-20(18)14-22(28)27-16-21(24(17-27)8-12-30-13-9-24)23(29)26-15-19-6-10-25-11-7-19/h2-7,10-11,21H,8-9,12-17H2,1H3,(H,26,29). The van der Waals surface area contributed by atoms with E-state index in [1.54, 1.807) is 12.4 Å². The van der Waals surface area contributed by atoms with Gasteiger partial charge in [0.05, 0.1) is 12.3 Å². The number of nitrogens with one attached hydrogen (secondary N) is 1. The molecule has 2 aliphatic heterocycles. The summed E-state index contributed by atoms with van der Waals surface area (Å²) in [4.78, 5) is 32.2. The number of carbonyl (C=O) groups excluding carboxylic acids is 2. The third-order valence-electron chi connectivity index (χ3n) is 6.62. The zero-order chi connectivity index (χ0) is 21.0. The van der Waals surface area contributed by atoms with E-state index in [0.29, 0.717) is 39.3 Å². The minimum absolute atomic E-state index is 0.0277. The van der Waals surface area contributed by atoms with Crippen molar-refractivity contribution in [1.82, 2.24) is 15.2 Å². The summed E-state index contributed by atoms with van der Waals surface area (Å²) < 4.78 is 5.58. The molecule has 3 heterocycles. The number of ether oxygens (including phenoxy) is 1. The van der Waals surface area contributed by atoms with E-state index in [-0.39, 0.29) is 23.1 Å². The molecule has 2 aromatic rings. The number of nitrogens with zero attached hydrogens (tertiary/aromatic N) is 2. The van der Waals surface area contributed by atoms with Crippen LogP contribution >= 0.6 is 0 Å². The fourth-order valence-corrected chi connectivity index (χ4v) is 4.70. The first-order valence-corrected chi connectivity index (χ1v) is 10.6. The highest BCUT2D eigenvalue weighted by atomic mass is 16.5. The van der Waals surface area contributed by atoms with Crippen LogP contribution in [-0.2, 0) is 27.3 Å². The molecule has 0 aliphatic carbocycles. The molecule has 6 heteroatoms. The summed E-state index contributed by atoms with van der Waals surface area (Å²) in [7, 11) is 0. The Hall–Kier alpha value is -2.73. The van der Waals surface area contributed by atoms with Gasteiger partial charge in [-0.05, 0) is 48.6 Å². The van der Waals surface area contributed by atoms with Crippen molar-refractivity contribution < 1.29 is 14.3 Å². The summed E-state index contributed by atoms with van der Waals surface area (Å²) in [6.45, 7) is 4.91. The van der Waals surface area contributed by atoms with Gasteiger partial charge in [0.25, 0.3) is 0 Å². The molecule has 1 aromatic heterocycles. The van der Waals surface area contributed by atoms with Crippen molar-refractivity contribution in [3.63, 3.8) is 0 Å². The topological polar surface area (TPSA) is 71.5 Å². The molecular formula is C24H29N3O3. The Kier molecular flexibility index (Phi) is 6.13. The number of carbonyl (C=O) groups is 2. The number of pyridine rings is 1. The largest absolute Gasteiger partial charge is 0.381 e. The second kappa shape index (κ2) is 8.96. The summed E-state index contributed by atoms with van der Waals surface area (Å²) in [5.41, 5.74) is 3.00. The first kappa shape index (κ1) is 20.5. The van der Waals surface area contributed by atoms with Crippen LogP contribution in [0.1, 0.15) is 29.5 Å². The maximum Gasteiger partial charge on any atom is 0.227 e. The number of aryl methyl sites for hydroxylation is 1. The van der Waals surface area contributed by atoms with E-state index in [4.69, 9.17) is 4.74 Å². The number of amides is 2. The molecule has 0 bridgehead atoms. The lowest BCUT2D eigenvalue weighted by molar-refractivity contribution is -0.130. The summed E-state index contributed by atoms with van der Waals surface area (Å²) in [5.74, 6) is -0.0800. The maximum absolute atomic E-state index is 13.2. The van der Waals surface area contributed by atoms with Gasteiger partial charge in [-0.25, -0.2) is 0 Å². The number of aromatic nitrogens is 1. The van der Waals surface area contributed by atoms with E-state index in [2.05, 4.69) is 10.3 Å². The molecule has 0 saturated carbocycles. The van der Waals surface area contributed by atoms with Crippen molar-refractivity contribution in [2.24, 2.45) is 11.3 Å². The van der Waals surface area contributed by atoms with Crippen molar-refractivity contribution >= 4 is 11.8 Å². The Balaban J connectivity index is 1.46. The maximum atomic E-state index is 13.2. The molecule has 1 unspecified atom stereocenters. The molecule has 1 aromatic carbocycles. The van der Waals surface area contributed by atoms with Gasteiger partial charge in [0.15, 0.2) is 0 Å². The third-order valence-corrected chi connectivity index (χ3v) is 6.62. The molecule has 1 N–H and O–H groups in total. The van der Waals surface area contributed by atoms with Crippen molar-refractivity contribution in [3.05, 3.63) is 65.5 Å². The Morgan fingerprint density at radius 3 is 2.63 bits per heavy atom. The predicted molar refractivity (Wildman–Crippen MR) is 114 cm³/mol. The molecule has 0 radical (unpaired) electrons. The summed E-state index contributed by atoms with van der Waals surface area (Å²) in [5, 5.41) is 3.09. The quantitative estimate of drug-likeness (QED) is 0.827. The van der Waals surface area contributed by atoms with Crippen LogP contribution < -0.4 is 5.32 Å². The van der Waals surface area contributed by atoms with Gasteiger partial charge in [-0.3, -0.25) is 14.6 Å². The fourth-order valence-electron chi connectivity index (χ4n) is 4.70. The molecule has 1 spiro atoms. The molecule has 2 fully saturated rings. The lowest BCUT2D eigenvalue weighted by atomic mass is 9.71. The zero-order valence-corrected chi connectivity index (χ0v) is 17.5. The highest BCUT2D eigenvalue weighted by Gasteiger charge is 2.51. The minimum Gasteiger partial charge on any atom is -0.381 e. The van der Waals surface area contributed by atoms with Gasteiger partial charge >= 0.3 is 0 Å². The monoisotopic (exact) mass is 407 g/mol. The van der Waals surface area contributed by atoms with Gasteiger partial charge in [-0.1, -0.05) is 24.3 Å². The van der Waals surface area contributed by atoms with Crippen LogP contribution in [0.5, 0.6) is 0 Å². The first-order valence-electron chi connectivity index (χ1n) is 10.6. The number of rotatable bonds is 5. The van der Waals surface area contributed by atoms with E-state index in [0.717, 1.165) is 29.5 Å². The van der Waals surface area contributed by atoms with Crippen LogP contribution in [0.4, 0.5) is 0 Å². The van der Waals surface area contributed by atoms with Crippen LogP contribution in [-0.4, -0.2) is 48.0 Å². The van der Waals surface area contributed by atoms with Crippen molar-refractivity contribution in [1.29, 1.82) is 0 Å². The average molecular weight is 408 g/mol. The Morgan fingerprint density at radius 2 is 1.90 bits per heavy atom. The van der Waals surface area contributed by atoms with E-state index in [9.17, 15) is 9.59 Å². The molecule has 158 valence electrons. The average Bonchev–Trinajstić information content (AvgIpc) is 3.13. The Labute approximate surface area is 177 Å². The number of likely N-dealkylation sites (tertiary alicyclic amines) is 1. The fraction of sp³-hybridized carbons (Fsp3) is 0.458. The van der Waals surface area contributed by atoms with Crippen LogP contribution in [0.2, 0.25) is 0 Å². The van der Waals surface area contributed by atoms with E-state index < -0.39 is 0 Å². The van der Waals surface area contributed by atoms with Gasteiger partial charge in [-0.2, -0.15) is 0 Å². The van der Waals surface area contributed by atoms with Gasteiger partial charge in [0.2, 0.25) is 11.8 Å². The molecule has 30 heavy (non-hydrogen) atoms. The summed E-state index contributed by atoms with van der Waals surface area (Å²) in [6.07, 6.45) is 5.46. The Morgan fingerprint density at radius 1 is 1.17 bits per heavy atom. The van der Waals surface area contributed by atoms with Crippen molar-refractivity contribution in [3.8, 4) is 0 Å². The lowest BCUT2D eigenvalue weighted by Gasteiger charge is -2.37. The third kappa shape index (κ3) is 4.38. The molecule has 1 atom stereocenters. The molecule has 2 aliphatic rings. The van der Waals surface area contributed by atoms with Gasteiger partial charge < -0.3 is 15.0 Å². The highest BCUT2D eigenvalue weighted by Crippen LogP contribution is 2.44. The van der Waals surface area contributed by atoms with Crippen LogP contribution in [0.15, 0.2) is 48.8 Å². The van der Waals surface area contributed by atoms with Crippen molar-refractivity contribution in [2.75, 3.05) is 26.3 Å². The number of hydrogen-bond acceptors (Lipinski definition) is 4. The van der Waals surface area contributed by atoms with Gasteiger partial charge in [-0.15, -0.1) is 0 Å². The van der Waals surface area contributed by atoms with E-state index in [1.165, 1.54) is 0 Å². The van der Waals surface area contributed by atoms with Crippen LogP contribution in [0, 0.1) is 18.3 Å². The zero-order valence-electron chi connectivity index (χ0n) is 17.5. The Bertz CT molecular complexity index is 894. The molecule has 4 rings (SSSR count). The second-order valence-corrected chi connectivity index (χ2v) is 8.48. The van der Waals surface area contributed by atoms with Crippen LogP contribution in [0.3, 0.4) is 0 Å². The number of hydrogen-bond donors (Lipinski definition) is 1. The smallest absolute Gasteiger partial charge is 0.227 e. The molecule has 2 amide bonds. The SMILES string of the molecule is Cc1ccccc1CC(=O)N1CC(C(=O)NCc2ccncc2)C2(CCOCC2)C1. The highest BCUT2D eigenvalue weighted by molar-refractivity contribution is 5.84. The number of benzene rings is 1. The van der Waals surface area contributed by atoms with Crippen LogP contribution in [0.25, 0.3) is 0 Å². The molecular weight excluding hydrogens is 378 g/mol. The molecule has 6 nitrogen and oxygen atoms in total. The van der Waals surface area contributed by atoms with E-state index >= 15 is 0 Å². The first-order chi connectivity index (χ1) is 14.6. The van der Waals surface area contributed by atoms with E-state index in [1.807, 2.05) is 48.2 Å². The van der Waals surface area contributed by atoms with Crippen molar-refractivity contribution in [2.45, 2.75) is 32.7 Å². The molecule has 2 saturated heterocycles. The predicted octanol–water partition coefficient (Wildman–Crippen LogP) is 2.50. The second-order valence-electron chi connectivity index (χ2n) is 8.48. The van der Waals surface area contributed by atoms with Gasteiger partial charge in [0, 0.05) is 50.7 Å². The summed E-state index contributed by atoms with van der Waals surface area (Å²) in [6, 6.07) is 11.8. The minimum atomic E-state index is -0.205. The van der Waals surface area contributed by atoms with Gasteiger partial charge in [0.1, 0.15) is 0 Å². The summed E-state index contributed by atoms with van der Waals surface area (Å²) >= 11 is 0. The normalized spacial score (nSPS) is 20.3.